The van der Waals surface area contributed by atoms with Crippen LogP contribution in [0.3, 0.4) is 0 Å². The van der Waals surface area contributed by atoms with Crippen LogP contribution < -0.4 is 0 Å². The quantitative estimate of drug-likeness (QED) is 0.534. The summed E-state index contributed by atoms with van der Waals surface area (Å²) in [6, 6.07) is 0. The summed E-state index contributed by atoms with van der Waals surface area (Å²) in [5.74, 6) is 0. The minimum atomic E-state index is 0.127. The van der Waals surface area contributed by atoms with Gasteiger partial charge in [0.25, 0.3) is 0 Å². The van der Waals surface area contributed by atoms with Gasteiger partial charge < -0.3 is 14.7 Å². The highest BCUT2D eigenvalue weighted by Crippen LogP contribution is 1.84. The molecule has 0 bridgehead atoms. The van der Waals surface area contributed by atoms with Gasteiger partial charge >= 0.3 is 0 Å². The molecule has 0 rings (SSSR count). The molecule has 0 amide bonds. The monoisotopic (exact) mass is 147 g/mol. The second-order valence-electron chi connectivity index (χ2n) is 2.49. The van der Waals surface area contributed by atoms with Crippen molar-refractivity contribution in [1.29, 1.82) is 0 Å². The van der Waals surface area contributed by atoms with Crippen LogP contribution in [0.15, 0.2) is 0 Å². The average Bonchev–Trinajstić information content (AvgIpc) is 1.87. The van der Waals surface area contributed by atoms with Crippen LogP contribution in [0.2, 0.25) is 0 Å². The Balaban J connectivity index is 2.77. The van der Waals surface area contributed by atoms with E-state index >= 15 is 0 Å². The molecule has 0 aliphatic rings. The van der Waals surface area contributed by atoms with Crippen molar-refractivity contribution in [2.75, 3.05) is 40.5 Å². The molecule has 0 aromatic rings. The molecule has 0 saturated heterocycles. The second-order valence-corrected chi connectivity index (χ2v) is 2.49. The standard InChI is InChI=1S/C7H17NO2/c1-8(2)4-3-6-10-7-5-9/h9H,3-7H2,1-2H3. The summed E-state index contributed by atoms with van der Waals surface area (Å²) in [5, 5.41) is 8.34. The number of rotatable bonds is 6. The maximum Gasteiger partial charge on any atom is 0.0697 e. The van der Waals surface area contributed by atoms with E-state index in [0.717, 1.165) is 19.6 Å². The van der Waals surface area contributed by atoms with Crippen LogP contribution in [0.4, 0.5) is 0 Å². The predicted octanol–water partition coefficient (Wildman–Crippen LogP) is -0.0530. The lowest BCUT2D eigenvalue weighted by atomic mass is 10.4. The topological polar surface area (TPSA) is 32.7 Å². The number of hydrogen-bond donors (Lipinski definition) is 1. The Kier molecular flexibility index (Phi) is 6.91. The molecule has 0 aliphatic carbocycles. The average molecular weight is 147 g/mol. The molecule has 0 atom stereocenters. The first-order valence-corrected chi connectivity index (χ1v) is 3.60. The smallest absolute Gasteiger partial charge is 0.0697 e. The zero-order valence-electron chi connectivity index (χ0n) is 6.84. The van der Waals surface area contributed by atoms with Gasteiger partial charge in [-0.15, -0.1) is 0 Å². The molecule has 0 aromatic carbocycles. The highest BCUT2D eigenvalue weighted by Gasteiger charge is 1.89. The van der Waals surface area contributed by atoms with Crippen LogP contribution in [-0.2, 0) is 4.74 Å². The Morgan fingerprint density at radius 2 is 2.00 bits per heavy atom. The van der Waals surface area contributed by atoms with Gasteiger partial charge in [-0.3, -0.25) is 0 Å². The minimum Gasteiger partial charge on any atom is -0.394 e. The van der Waals surface area contributed by atoms with Crippen molar-refractivity contribution in [3.8, 4) is 0 Å². The summed E-state index contributed by atoms with van der Waals surface area (Å²) in [4.78, 5) is 2.11. The Morgan fingerprint density at radius 1 is 1.30 bits per heavy atom. The highest BCUT2D eigenvalue weighted by atomic mass is 16.5. The van der Waals surface area contributed by atoms with Gasteiger partial charge in [0.2, 0.25) is 0 Å². The van der Waals surface area contributed by atoms with E-state index in [2.05, 4.69) is 4.90 Å². The van der Waals surface area contributed by atoms with Gasteiger partial charge in [-0.1, -0.05) is 0 Å². The molecular weight excluding hydrogens is 130 g/mol. The van der Waals surface area contributed by atoms with Crippen LogP contribution in [0.25, 0.3) is 0 Å². The Morgan fingerprint density at radius 3 is 2.50 bits per heavy atom. The molecule has 0 saturated carbocycles. The van der Waals surface area contributed by atoms with Crippen molar-refractivity contribution in [3.05, 3.63) is 0 Å². The first kappa shape index (κ1) is 9.88. The summed E-state index contributed by atoms with van der Waals surface area (Å²) in [6.07, 6.45) is 1.03. The molecule has 10 heavy (non-hydrogen) atoms. The molecule has 0 fully saturated rings. The molecule has 0 radical (unpaired) electrons. The predicted molar refractivity (Wildman–Crippen MR) is 41.1 cm³/mol. The maximum atomic E-state index is 8.34. The lowest BCUT2D eigenvalue weighted by Crippen LogP contribution is -2.15. The van der Waals surface area contributed by atoms with E-state index in [1.165, 1.54) is 0 Å². The zero-order valence-corrected chi connectivity index (χ0v) is 6.84. The fourth-order valence-corrected chi connectivity index (χ4v) is 0.649. The number of nitrogens with zero attached hydrogens (tertiary/aromatic N) is 1. The highest BCUT2D eigenvalue weighted by molar-refractivity contribution is 4.41. The summed E-state index contributed by atoms with van der Waals surface area (Å²) < 4.78 is 5.06. The number of aliphatic hydroxyl groups is 1. The summed E-state index contributed by atoms with van der Waals surface area (Å²) >= 11 is 0. The van der Waals surface area contributed by atoms with Crippen molar-refractivity contribution < 1.29 is 9.84 Å². The van der Waals surface area contributed by atoms with E-state index in [4.69, 9.17) is 9.84 Å². The first-order chi connectivity index (χ1) is 4.77. The number of ether oxygens (including phenoxy) is 1. The van der Waals surface area contributed by atoms with Gasteiger partial charge in [-0.25, -0.2) is 0 Å². The first-order valence-electron chi connectivity index (χ1n) is 3.60. The molecule has 0 aliphatic heterocycles. The van der Waals surface area contributed by atoms with Crippen LogP contribution in [-0.4, -0.2) is 50.5 Å². The van der Waals surface area contributed by atoms with Crippen LogP contribution in [0, 0.1) is 0 Å². The fourth-order valence-electron chi connectivity index (χ4n) is 0.649. The van der Waals surface area contributed by atoms with Gasteiger partial charge in [-0.2, -0.15) is 0 Å². The molecule has 62 valence electrons. The van der Waals surface area contributed by atoms with Gasteiger partial charge in [0, 0.05) is 6.61 Å². The van der Waals surface area contributed by atoms with Crippen LogP contribution >= 0.6 is 0 Å². The Bertz CT molecular complexity index is 66.6. The van der Waals surface area contributed by atoms with Gasteiger partial charge in [0.1, 0.15) is 0 Å². The lowest BCUT2D eigenvalue weighted by Gasteiger charge is -2.08. The molecule has 3 heteroatoms. The Labute approximate surface area is 62.6 Å². The number of hydrogen-bond acceptors (Lipinski definition) is 3. The Hall–Kier alpha value is -0.120. The lowest BCUT2D eigenvalue weighted by molar-refractivity contribution is 0.0873. The normalized spacial score (nSPS) is 10.8. The van der Waals surface area contributed by atoms with Gasteiger partial charge in [0.15, 0.2) is 0 Å². The molecule has 0 unspecified atom stereocenters. The van der Waals surface area contributed by atoms with E-state index in [1.807, 2.05) is 14.1 Å². The zero-order chi connectivity index (χ0) is 7.82. The summed E-state index contributed by atoms with van der Waals surface area (Å²) in [5.41, 5.74) is 0. The largest absolute Gasteiger partial charge is 0.394 e. The molecule has 0 aromatic heterocycles. The molecule has 0 heterocycles. The maximum absolute atomic E-state index is 8.34. The third-order valence-corrected chi connectivity index (χ3v) is 1.13. The van der Waals surface area contributed by atoms with E-state index in [9.17, 15) is 0 Å². The summed E-state index contributed by atoms with van der Waals surface area (Å²) in [6.45, 7) is 2.39. The van der Waals surface area contributed by atoms with E-state index in [0.29, 0.717) is 6.61 Å². The molecule has 1 N–H and O–H groups in total. The SMILES string of the molecule is CN(C)CCCOCCO. The summed E-state index contributed by atoms with van der Waals surface area (Å²) in [7, 11) is 4.07. The van der Waals surface area contributed by atoms with Gasteiger partial charge in [-0.05, 0) is 27.1 Å². The third-order valence-electron chi connectivity index (χ3n) is 1.13. The van der Waals surface area contributed by atoms with E-state index in [1.54, 1.807) is 0 Å². The van der Waals surface area contributed by atoms with Crippen molar-refractivity contribution in [3.63, 3.8) is 0 Å². The molecule has 3 nitrogen and oxygen atoms in total. The van der Waals surface area contributed by atoms with Crippen molar-refractivity contribution in [2.45, 2.75) is 6.42 Å². The third kappa shape index (κ3) is 7.88. The van der Waals surface area contributed by atoms with Crippen LogP contribution in [0.5, 0.6) is 0 Å². The minimum absolute atomic E-state index is 0.127. The van der Waals surface area contributed by atoms with E-state index in [-0.39, 0.29) is 6.61 Å². The van der Waals surface area contributed by atoms with Crippen LogP contribution in [0.1, 0.15) is 6.42 Å². The molecular formula is C7H17NO2. The van der Waals surface area contributed by atoms with Crippen molar-refractivity contribution >= 4 is 0 Å². The second kappa shape index (κ2) is 6.99. The van der Waals surface area contributed by atoms with E-state index < -0.39 is 0 Å². The number of aliphatic hydroxyl groups excluding tert-OH is 1. The van der Waals surface area contributed by atoms with Crippen molar-refractivity contribution in [2.24, 2.45) is 0 Å². The fraction of sp³-hybridized carbons (Fsp3) is 1.00. The van der Waals surface area contributed by atoms with Gasteiger partial charge in [0.05, 0.1) is 13.2 Å². The van der Waals surface area contributed by atoms with Crippen molar-refractivity contribution in [1.82, 2.24) is 4.90 Å². The molecule has 0 spiro atoms.